The maximum atomic E-state index is 6.17. The van der Waals surface area contributed by atoms with Crippen molar-refractivity contribution in [2.24, 2.45) is 0 Å². The molecule has 0 amide bonds. The van der Waals surface area contributed by atoms with Gasteiger partial charge in [0.1, 0.15) is 24.7 Å². The minimum Gasteiger partial charge on any atom is -0.489 e. The van der Waals surface area contributed by atoms with Crippen molar-refractivity contribution in [3.8, 4) is 57.3 Å². The molecule has 2 heterocycles. The summed E-state index contributed by atoms with van der Waals surface area (Å²) in [4.78, 5) is 0. The number of benzene rings is 5. The molecule has 53 heavy (non-hydrogen) atoms. The molecule has 0 aliphatic carbocycles. The summed E-state index contributed by atoms with van der Waals surface area (Å²) in [6.45, 7) is 16.0. The number of aromatic nitrogens is 4. The number of aryl methyl sites for hydroxylation is 1. The largest absolute Gasteiger partial charge is 0.489 e. The summed E-state index contributed by atoms with van der Waals surface area (Å²) in [5.41, 5.74) is 9.24. The molecule has 7 aromatic rings. The Bertz CT molecular complexity index is 2130. The van der Waals surface area contributed by atoms with Gasteiger partial charge in [0, 0.05) is 28.3 Å². The Morgan fingerprint density at radius 3 is 1.04 bits per heavy atom. The van der Waals surface area contributed by atoms with E-state index in [1.165, 1.54) is 11.1 Å². The molecule has 8 nitrogen and oxygen atoms in total. The van der Waals surface area contributed by atoms with Gasteiger partial charge in [0.25, 0.3) is 0 Å². The van der Waals surface area contributed by atoms with E-state index in [0.717, 1.165) is 50.4 Å². The summed E-state index contributed by atoms with van der Waals surface area (Å²) in [5.74, 6) is 3.42. The van der Waals surface area contributed by atoms with Crippen LogP contribution in [0.15, 0.2) is 124 Å². The van der Waals surface area contributed by atoms with Crippen LogP contribution in [0.1, 0.15) is 69.4 Å². The van der Waals surface area contributed by atoms with E-state index in [9.17, 15) is 0 Å². The van der Waals surface area contributed by atoms with Crippen molar-refractivity contribution in [2.75, 3.05) is 0 Å². The smallest absolute Gasteiger partial charge is 0.248 e. The van der Waals surface area contributed by atoms with Crippen molar-refractivity contribution in [3.63, 3.8) is 0 Å². The first-order valence-corrected chi connectivity index (χ1v) is 17.8. The van der Waals surface area contributed by atoms with E-state index >= 15 is 0 Å². The van der Waals surface area contributed by atoms with E-state index in [1.54, 1.807) is 0 Å². The van der Waals surface area contributed by atoms with Crippen molar-refractivity contribution in [1.82, 2.24) is 20.4 Å². The van der Waals surface area contributed by atoms with Gasteiger partial charge in [0.2, 0.25) is 23.6 Å². The van der Waals surface area contributed by atoms with Gasteiger partial charge in [-0.2, -0.15) is 0 Å². The van der Waals surface area contributed by atoms with Crippen LogP contribution in [0.5, 0.6) is 11.5 Å². The van der Waals surface area contributed by atoms with Crippen molar-refractivity contribution in [2.45, 2.75) is 72.5 Å². The average molecular weight is 705 g/mol. The second kappa shape index (κ2) is 14.5. The Kier molecular flexibility index (Phi) is 9.71. The van der Waals surface area contributed by atoms with Gasteiger partial charge in [-0.25, -0.2) is 0 Å². The lowest BCUT2D eigenvalue weighted by Gasteiger charge is -2.18. The van der Waals surface area contributed by atoms with Gasteiger partial charge >= 0.3 is 0 Å². The molecule has 0 saturated heterocycles. The Labute approximate surface area is 310 Å². The van der Waals surface area contributed by atoms with Gasteiger partial charge in [-0.1, -0.05) is 90.1 Å². The lowest BCUT2D eigenvalue weighted by Crippen LogP contribution is -2.10. The van der Waals surface area contributed by atoms with E-state index < -0.39 is 0 Å². The minimum absolute atomic E-state index is 0.0823. The zero-order chi connectivity index (χ0) is 37.2. The summed E-state index contributed by atoms with van der Waals surface area (Å²) in [6.07, 6.45) is 0. The first-order chi connectivity index (χ1) is 25.4. The van der Waals surface area contributed by atoms with Crippen molar-refractivity contribution < 1.29 is 18.3 Å². The second-order valence-corrected chi connectivity index (χ2v) is 15.4. The van der Waals surface area contributed by atoms with Crippen LogP contribution in [0, 0.1) is 6.92 Å². The molecule has 268 valence electrons. The van der Waals surface area contributed by atoms with Crippen LogP contribution < -0.4 is 9.47 Å². The van der Waals surface area contributed by atoms with Crippen LogP contribution in [-0.2, 0) is 24.0 Å². The molecule has 5 aromatic carbocycles. The van der Waals surface area contributed by atoms with Crippen LogP contribution in [0.25, 0.3) is 45.8 Å². The van der Waals surface area contributed by atoms with Gasteiger partial charge in [-0.05, 0) is 106 Å². The van der Waals surface area contributed by atoms with E-state index in [-0.39, 0.29) is 10.8 Å². The highest BCUT2D eigenvalue weighted by Gasteiger charge is 2.17. The van der Waals surface area contributed by atoms with Gasteiger partial charge < -0.3 is 18.3 Å². The highest BCUT2D eigenvalue weighted by atomic mass is 16.5. The molecule has 2 aromatic heterocycles. The summed E-state index contributed by atoms with van der Waals surface area (Å²) in [6, 6.07) is 38.4. The fraction of sp³-hybridized carbons (Fsp3) is 0.244. The third-order valence-corrected chi connectivity index (χ3v) is 9.08. The quantitative estimate of drug-likeness (QED) is 0.139. The first kappa shape index (κ1) is 35.4. The average Bonchev–Trinajstić information content (AvgIpc) is 3.85. The molecule has 0 bridgehead atoms. The summed E-state index contributed by atoms with van der Waals surface area (Å²) >= 11 is 0. The first-order valence-electron chi connectivity index (χ1n) is 17.8. The summed E-state index contributed by atoms with van der Waals surface area (Å²) in [5, 5.41) is 17.1. The third-order valence-electron chi connectivity index (χ3n) is 9.08. The molecule has 7 rings (SSSR count). The number of nitrogens with zero attached hydrogens (tertiary/aromatic N) is 4. The molecule has 0 fully saturated rings. The Balaban J connectivity index is 0.926. The Hall–Kier alpha value is -6.02. The molecule has 0 atom stereocenters. The fourth-order valence-corrected chi connectivity index (χ4v) is 5.84. The highest BCUT2D eigenvalue weighted by Crippen LogP contribution is 2.30. The lowest BCUT2D eigenvalue weighted by atomic mass is 9.87. The molecule has 0 radical (unpaired) electrons. The van der Waals surface area contributed by atoms with Crippen LogP contribution in [-0.4, -0.2) is 20.4 Å². The predicted molar refractivity (Wildman–Crippen MR) is 208 cm³/mol. The minimum atomic E-state index is 0.0823. The number of rotatable bonds is 10. The maximum Gasteiger partial charge on any atom is 0.248 e. The van der Waals surface area contributed by atoms with Crippen molar-refractivity contribution in [3.05, 3.63) is 143 Å². The van der Waals surface area contributed by atoms with Gasteiger partial charge in [-0.3, -0.25) is 0 Å². The van der Waals surface area contributed by atoms with Crippen LogP contribution in [0.3, 0.4) is 0 Å². The molecule has 0 N–H and O–H groups in total. The van der Waals surface area contributed by atoms with E-state index in [0.29, 0.717) is 36.8 Å². The lowest BCUT2D eigenvalue weighted by molar-refractivity contribution is 0.289. The number of ether oxygens (including phenoxy) is 2. The van der Waals surface area contributed by atoms with E-state index in [1.807, 2.05) is 97.9 Å². The zero-order valence-electron chi connectivity index (χ0n) is 31.3. The number of hydrogen-bond donors (Lipinski definition) is 0. The monoisotopic (exact) mass is 704 g/mol. The van der Waals surface area contributed by atoms with E-state index in [2.05, 4.69) is 86.2 Å². The molecular formula is C45H44N4O4. The maximum absolute atomic E-state index is 6.17. The van der Waals surface area contributed by atoms with Gasteiger partial charge in [-0.15, -0.1) is 20.4 Å². The molecule has 0 saturated carbocycles. The van der Waals surface area contributed by atoms with Crippen molar-refractivity contribution in [1.29, 1.82) is 0 Å². The normalized spacial score (nSPS) is 11.8. The molecule has 0 aliphatic rings. The van der Waals surface area contributed by atoms with Gasteiger partial charge in [0.15, 0.2) is 0 Å². The Morgan fingerprint density at radius 1 is 0.434 bits per heavy atom. The molecule has 0 aliphatic heterocycles. The van der Waals surface area contributed by atoms with Crippen molar-refractivity contribution >= 4 is 0 Å². The van der Waals surface area contributed by atoms with E-state index in [4.69, 9.17) is 18.3 Å². The summed E-state index contributed by atoms with van der Waals surface area (Å²) in [7, 11) is 0. The predicted octanol–water partition coefficient (Wildman–Crippen LogP) is 11.2. The standard InChI is InChI=1S/C45H44N4O4/c1-29-24-38(50-27-30-8-12-32(13-9-30)40-46-48-42(52-40)34-16-20-36(21-17-34)44(2,3)4)26-39(25-29)51-28-31-10-14-33(15-11-31)41-47-49-43(53-41)35-18-22-37(23-19-35)45(5,6)7/h8-26H,27-28H2,1-7H3. The fourth-order valence-electron chi connectivity index (χ4n) is 5.84. The zero-order valence-corrected chi connectivity index (χ0v) is 31.3. The molecular weight excluding hydrogens is 661 g/mol. The Morgan fingerprint density at radius 2 is 0.736 bits per heavy atom. The topological polar surface area (TPSA) is 96.3 Å². The summed E-state index contributed by atoms with van der Waals surface area (Å²) < 4.78 is 24.4. The number of hydrogen-bond acceptors (Lipinski definition) is 8. The van der Waals surface area contributed by atoms with Crippen LogP contribution in [0.2, 0.25) is 0 Å². The van der Waals surface area contributed by atoms with Crippen LogP contribution >= 0.6 is 0 Å². The third kappa shape index (κ3) is 8.55. The highest BCUT2D eigenvalue weighted by molar-refractivity contribution is 5.60. The SMILES string of the molecule is Cc1cc(OCc2ccc(-c3nnc(-c4ccc(C(C)(C)C)cc4)o3)cc2)cc(OCc2ccc(-c3nnc(-c4ccc(C(C)(C)C)cc4)o3)cc2)c1. The van der Waals surface area contributed by atoms with Gasteiger partial charge in [0.05, 0.1) is 0 Å². The molecule has 8 heteroatoms. The molecule has 0 spiro atoms. The molecule has 0 unspecified atom stereocenters. The van der Waals surface area contributed by atoms with Crippen LogP contribution in [0.4, 0.5) is 0 Å². The second-order valence-electron chi connectivity index (χ2n) is 15.4.